The van der Waals surface area contributed by atoms with Crippen molar-refractivity contribution in [2.24, 2.45) is 5.73 Å². The average molecular weight is 182 g/mol. The molecule has 13 heavy (non-hydrogen) atoms. The number of likely N-dealkylation sites (N-methyl/N-ethyl adjacent to an activating group) is 1. The third-order valence-electron chi connectivity index (χ3n) is 2.47. The Morgan fingerprint density at radius 2 is 2.31 bits per heavy atom. The molecule has 1 aliphatic rings. The second-order valence-corrected chi connectivity index (χ2v) is 4.10. The van der Waals surface area contributed by atoms with Crippen molar-refractivity contribution in [1.82, 2.24) is 9.80 Å². The van der Waals surface area contributed by atoms with Gasteiger partial charge in [-0.1, -0.05) is 0 Å². The first-order valence-electron chi connectivity index (χ1n) is 4.63. The highest BCUT2D eigenvalue weighted by Gasteiger charge is 2.33. The molecule has 4 nitrogen and oxygen atoms in total. The molecule has 1 heterocycles. The van der Waals surface area contributed by atoms with Crippen LogP contribution in [0.3, 0.4) is 0 Å². The molecule has 0 spiro atoms. The van der Waals surface area contributed by atoms with Gasteiger partial charge in [0.1, 0.15) is 5.54 Å². The van der Waals surface area contributed by atoms with Crippen LogP contribution in [-0.4, -0.2) is 55.6 Å². The Labute approximate surface area is 79.9 Å². The van der Waals surface area contributed by atoms with E-state index in [9.17, 15) is 0 Å². The molecule has 0 aromatic heterocycles. The summed E-state index contributed by atoms with van der Waals surface area (Å²) < 4.78 is 0. The molecule has 1 rings (SSSR count). The molecule has 2 N–H and O–H groups in total. The monoisotopic (exact) mass is 182 g/mol. The summed E-state index contributed by atoms with van der Waals surface area (Å²) in [5.74, 6) is 0. The third-order valence-corrected chi connectivity index (χ3v) is 2.47. The van der Waals surface area contributed by atoms with Gasteiger partial charge in [0.25, 0.3) is 0 Å². The highest BCUT2D eigenvalue weighted by molar-refractivity contribution is 5.10. The molecule has 0 saturated carbocycles. The quantitative estimate of drug-likeness (QED) is 0.638. The molecule has 4 heteroatoms. The Morgan fingerprint density at radius 3 is 2.77 bits per heavy atom. The van der Waals surface area contributed by atoms with Gasteiger partial charge in [-0.05, 0) is 20.5 Å². The van der Waals surface area contributed by atoms with Crippen molar-refractivity contribution < 1.29 is 0 Å². The molecule has 1 saturated heterocycles. The summed E-state index contributed by atoms with van der Waals surface area (Å²) in [4.78, 5) is 4.39. The van der Waals surface area contributed by atoms with E-state index in [1.165, 1.54) is 0 Å². The standard InChI is InChI=1S/C9H18N4/c1-12(2)5-6-13-4-3-9(11,7-10)8-13/h3-6,8,11H2,1-2H3. The maximum Gasteiger partial charge on any atom is 0.118 e. The molecule has 74 valence electrons. The van der Waals surface area contributed by atoms with Crippen LogP contribution in [0, 0.1) is 11.3 Å². The number of hydrogen-bond acceptors (Lipinski definition) is 4. The Bertz CT molecular complexity index is 208. The molecule has 1 fully saturated rings. The summed E-state index contributed by atoms with van der Waals surface area (Å²) in [6.07, 6.45) is 0.803. The smallest absolute Gasteiger partial charge is 0.118 e. The van der Waals surface area contributed by atoms with Gasteiger partial charge in [-0.3, -0.25) is 4.90 Å². The van der Waals surface area contributed by atoms with E-state index in [1.807, 2.05) is 0 Å². The van der Waals surface area contributed by atoms with E-state index in [-0.39, 0.29) is 0 Å². The van der Waals surface area contributed by atoms with Crippen LogP contribution in [-0.2, 0) is 0 Å². The van der Waals surface area contributed by atoms with E-state index in [4.69, 9.17) is 11.0 Å². The van der Waals surface area contributed by atoms with E-state index < -0.39 is 5.54 Å². The summed E-state index contributed by atoms with van der Waals surface area (Å²) in [5.41, 5.74) is 5.25. The minimum Gasteiger partial charge on any atom is -0.312 e. The van der Waals surface area contributed by atoms with Gasteiger partial charge in [0, 0.05) is 26.2 Å². The van der Waals surface area contributed by atoms with Crippen molar-refractivity contribution in [3.8, 4) is 6.07 Å². The maximum atomic E-state index is 8.81. The Hall–Kier alpha value is -0.630. The molecular weight excluding hydrogens is 164 g/mol. The SMILES string of the molecule is CN(C)CCN1CCC(N)(C#N)C1. The summed E-state index contributed by atoms with van der Waals surface area (Å²) >= 11 is 0. The first-order chi connectivity index (χ1) is 6.06. The first-order valence-corrected chi connectivity index (χ1v) is 4.63. The fourth-order valence-electron chi connectivity index (χ4n) is 1.54. The average Bonchev–Trinajstić information content (AvgIpc) is 2.45. The first kappa shape index (κ1) is 10.5. The van der Waals surface area contributed by atoms with Crippen LogP contribution < -0.4 is 5.73 Å². The van der Waals surface area contributed by atoms with Crippen molar-refractivity contribution >= 4 is 0 Å². The molecule has 1 unspecified atom stereocenters. The van der Waals surface area contributed by atoms with Crippen LogP contribution in [0.15, 0.2) is 0 Å². The molecule has 1 aliphatic heterocycles. The fraction of sp³-hybridized carbons (Fsp3) is 0.889. The van der Waals surface area contributed by atoms with Crippen molar-refractivity contribution in [1.29, 1.82) is 5.26 Å². The maximum absolute atomic E-state index is 8.81. The van der Waals surface area contributed by atoms with Gasteiger partial charge in [-0.2, -0.15) is 5.26 Å². The summed E-state index contributed by atoms with van der Waals surface area (Å²) in [5, 5.41) is 8.81. The van der Waals surface area contributed by atoms with Gasteiger partial charge in [-0.15, -0.1) is 0 Å². The Morgan fingerprint density at radius 1 is 1.62 bits per heavy atom. The van der Waals surface area contributed by atoms with Crippen LogP contribution in [0.4, 0.5) is 0 Å². The Kier molecular flexibility index (Phi) is 3.26. The van der Waals surface area contributed by atoms with Crippen LogP contribution in [0.25, 0.3) is 0 Å². The van der Waals surface area contributed by atoms with E-state index in [0.29, 0.717) is 0 Å². The topological polar surface area (TPSA) is 56.3 Å². The lowest BCUT2D eigenvalue weighted by atomic mass is 10.0. The lowest BCUT2D eigenvalue weighted by molar-refractivity contribution is 0.276. The van der Waals surface area contributed by atoms with Crippen molar-refractivity contribution in [2.75, 3.05) is 40.3 Å². The zero-order valence-electron chi connectivity index (χ0n) is 8.45. The van der Waals surface area contributed by atoms with Crippen molar-refractivity contribution in [3.05, 3.63) is 0 Å². The fourth-order valence-corrected chi connectivity index (χ4v) is 1.54. The van der Waals surface area contributed by atoms with E-state index in [0.717, 1.165) is 32.6 Å². The van der Waals surface area contributed by atoms with Gasteiger partial charge in [0.05, 0.1) is 6.07 Å². The predicted octanol–water partition coefficient (Wildman–Crippen LogP) is -0.525. The summed E-state index contributed by atoms with van der Waals surface area (Å²) in [7, 11) is 4.10. The highest BCUT2D eigenvalue weighted by Crippen LogP contribution is 2.16. The normalized spacial score (nSPS) is 29.5. The van der Waals surface area contributed by atoms with Crippen LogP contribution >= 0.6 is 0 Å². The van der Waals surface area contributed by atoms with Gasteiger partial charge in [0.15, 0.2) is 0 Å². The number of nitrogens with two attached hydrogens (primary N) is 1. The second-order valence-electron chi connectivity index (χ2n) is 4.10. The van der Waals surface area contributed by atoms with Gasteiger partial charge < -0.3 is 10.6 Å². The van der Waals surface area contributed by atoms with Crippen molar-refractivity contribution in [3.63, 3.8) is 0 Å². The number of rotatable bonds is 3. The van der Waals surface area contributed by atoms with Crippen LogP contribution in [0.2, 0.25) is 0 Å². The minimum absolute atomic E-state index is 0.591. The number of nitrogens with zero attached hydrogens (tertiary/aromatic N) is 3. The lowest BCUT2D eigenvalue weighted by Crippen LogP contribution is -2.42. The molecule has 0 bridgehead atoms. The zero-order valence-corrected chi connectivity index (χ0v) is 8.45. The van der Waals surface area contributed by atoms with Gasteiger partial charge in [0.2, 0.25) is 0 Å². The summed E-state index contributed by atoms with van der Waals surface area (Å²) in [6.45, 7) is 3.71. The minimum atomic E-state index is -0.591. The molecular formula is C9H18N4. The lowest BCUT2D eigenvalue weighted by Gasteiger charge is -2.19. The van der Waals surface area contributed by atoms with E-state index in [2.05, 4.69) is 30.0 Å². The highest BCUT2D eigenvalue weighted by atomic mass is 15.2. The van der Waals surface area contributed by atoms with Gasteiger partial charge >= 0.3 is 0 Å². The van der Waals surface area contributed by atoms with Crippen LogP contribution in [0.5, 0.6) is 0 Å². The number of hydrogen-bond donors (Lipinski definition) is 1. The molecule has 0 radical (unpaired) electrons. The van der Waals surface area contributed by atoms with E-state index in [1.54, 1.807) is 0 Å². The third kappa shape index (κ3) is 2.96. The van der Waals surface area contributed by atoms with E-state index >= 15 is 0 Å². The number of likely N-dealkylation sites (tertiary alicyclic amines) is 1. The summed E-state index contributed by atoms with van der Waals surface area (Å²) in [6, 6.07) is 2.18. The Balaban J connectivity index is 2.30. The molecule has 0 amide bonds. The number of nitriles is 1. The molecule has 1 atom stereocenters. The van der Waals surface area contributed by atoms with Crippen LogP contribution in [0.1, 0.15) is 6.42 Å². The molecule has 0 aliphatic carbocycles. The molecule has 0 aromatic carbocycles. The van der Waals surface area contributed by atoms with Gasteiger partial charge in [-0.25, -0.2) is 0 Å². The predicted molar refractivity (Wildman–Crippen MR) is 52.1 cm³/mol. The zero-order chi connectivity index (χ0) is 9.90. The molecule has 0 aromatic rings. The largest absolute Gasteiger partial charge is 0.312 e. The van der Waals surface area contributed by atoms with Crippen molar-refractivity contribution in [2.45, 2.75) is 12.0 Å². The second kappa shape index (κ2) is 4.05.